The lowest BCUT2D eigenvalue weighted by Gasteiger charge is -2.17. The molecule has 0 fully saturated rings. The summed E-state index contributed by atoms with van der Waals surface area (Å²) < 4.78 is 11.2. The van der Waals surface area contributed by atoms with E-state index in [1.807, 2.05) is 39.0 Å². The van der Waals surface area contributed by atoms with Gasteiger partial charge in [-0.2, -0.15) is 0 Å². The van der Waals surface area contributed by atoms with Gasteiger partial charge in [-0.1, -0.05) is 29.3 Å². The number of hydrogen-bond acceptors (Lipinski definition) is 3. The van der Waals surface area contributed by atoms with E-state index in [1.165, 1.54) is 0 Å². The smallest absolute Gasteiger partial charge is 0.251 e. The summed E-state index contributed by atoms with van der Waals surface area (Å²) in [4.78, 5) is 12.4. The third-order valence-electron chi connectivity index (χ3n) is 3.60. The Balaban J connectivity index is 2.16. The van der Waals surface area contributed by atoms with Crippen molar-refractivity contribution in [2.24, 2.45) is 0 Å². The molecule has 0 aliphatic carbocycles. The molecule has 0 saturated carbocycles. The molecule has 0 bridgehead atoms. The SMILES string of the molecule is CCOc1ccc([C@@H](C)NC(=O)c2ccc(Cl)c(Cl)c2)cc1OCC. The van der Waals surface area contributed by atoms with E-state index in [1.54, 1.807) is 18.2 Å². The van der Waals surface area contributed by atoms with E-state index >= 15 is 0 Å². The number of rotatable bonds is 7. The number of benzene rings is 2. The molecule has 0 spiro atoms. The van der Waals surface area contributed by atoms with E-state index in [0.717, 1.165) is 5.56 Å². The van der Waals surface area contributed by atoms with Crippen LogP contribution in [0.3, 0.4) is 0 Å². The molecule has 0 unspecified atom stereocenters. The molecule has 2 rings (SSSR count). The minimum Gasteiger partial charge on any atom is -0.490 e. The summed E-state index contributed by atoms with van der Waals surface area (Å²) in [5.74, 6) is 1.13. The molecule has 2 aromatic carbocycles. The zero-order valence-corrected chi connectivity index (χ0v) is 15.9. The summed E-state index contributed by atoms with van der Waals surface area (Å²) in [7, 11) is 0. The van der Waals surface area contributed by atoms with E-state index in [4.69, 9.17) is 32.7 Å². The van der Waals surface area contributed by atoms with E-state index in [9.17, 15) is 4.79 Å². The highest BCUT2D eigenvalue weighted by atomic mass is 35.5. The normalized spacial score (nSPS) is 11.7. The van der Waals surface area contributed by atoms with Crippen molar-refractivity contribution in [3.63, 3.8) is 0 Å². The fourth-order valence-electron chi connectivity index (χ4n) is 2.34. The summed E-state index contributed by atoms with van der Waals surface area (Å²) in [5.41, 5.74) is 1.37. The van der Waals surface area contributed by atoms with Gasteiger partial charge in [0.25, 0.3) is 5.91 Å². The Morgan fingerprint density at radius 1 is 1.00 bits per heavy atom. The third kappa shape index (κ3) is 5.03. The lowest BCUT2D eigenvalue weighted by molar-refractivity contribution is 0.0940. The van der Waals surface area contributed by atoms with Crippen LogP contribution >= 0.6 is 23.2 Å². The molecule has 1 amide bonds. The molecular formula is C19H21Cl2NO3. The summed E-state index contributed by atoms with van der Waals surface area (Å²) in [5, 5.41) is 3.71. The van der Waals surface area contributed by atoms with Crippen LogP contribution in [0.25, 0.3) is 0 Å². The number of nitrogens with one attached hydrogen (secondary N) is 1. The average Bonchev–Trinajstić information content (AvgIpc) is 2.59. The molecule has 6 heteroatoms. The lowest BCUT2D eigenvalue weighted by atomic mass is 10.1. The van der Waals surface area contributed by atoms with Gasteiger partial charge in [0.1, 0.15) is 0 Å². The topological polar surface area (TPSA) is 47.6 Å². The number of amides is 1. The molecule has 0 radical (unpaired) electrons. The molecule has 0 aliphatic rings. The Labute approximate surface area is 158 Å². The van der Waals surface area contributed by atoms with Crippen LogP contribution < -0.4 is 14.8 Å². The predicted octanol–water partition coefficient (Wildman–Crippen LogP) is 5.28. The van der Waals surface area contributed by atoms with Crippen molar-refractivity contribution in [2.75, 3.05) is 13.2 Å². The van der Waals surface area contributed by atoms with E-state index in [0.29, 0.717) is 40.3 Å². The lowest BCUT2D eigenvalue weighted by Crippen LogP contribution is -2.26. The van der Waals surface area contributed by atoms with Gasteiger partial charge >= 0.3 is 0 Å². The van der Waals surface area contributed by atoms with Crippen LogP contribution in [0.5, 0.6) is 11.5 Å². The quantitative estimate of drug-likeness (QED) is 0.709. The Morgan fingerprint density at radius 3 is 2.32 bits per heavy atom. The van der Waals surface area contributed by atoms with Gasteiger partial charge in [-0.05, 0) is 56.7 Å². The van der Waals surface area contributed by atoms with Crippen molar-refractivity contribution in [3.05, 3.63) is 57.6 Å². The molecule has 1 atom stereocenters. The van der Waals surface area contributed by atoms with Crippen molar-refractivity contribution < 1.29 is 14.3 Å². The summed E-state index contributed by atoms with van der Waals surface area (Å²) in [6, 6.07) is 10.2. The van der Waals surface area contributed by atoms with E-state index < -0.39 is 0 Å². The summed E-state index contributed by atoms with van der Waals surface area (Å²) in [6.45, 7) is 6.83. The van der Waals surface area contributed by atoms with Crippen molar-refractivity contribution >= 4 is 29.1 Å². The van der Waals surface area contributed by atoms with Crippen molar-refractivity contribution in [1.29, 1.82) is 0 Å². The van der Waals surface area contributed by atoms with Gasteiger partial charge in [-0.25, -0.2) is 0 Å². The second-order valence-electron chi connectivity index (χ2n) is 5.40. The molecule has 2 aromatic rings. The average molecular weight is 382 g/mol. The van der Waals surface area contributed by atoms with E-state index in [2.05, 4.69) is 5.32 Å². The second kappa shape index (κ2) is 8.97. The first-order valence-electron chi connectivity index (χ1n) is 8.11. The number of carbonyl (C=O) groups excluding carboxylic acids is 1. The Hall–Kier alpha value is -1.91. The highest BCUT2D eigenvalue weighted by molar-refractivity contribution is 6.42. The van der Waals surface area contributed by atoms with Crippen LogP contribution in [0.1, 0.15) is 42.7 Å². The van der Waals surface area contributed by atoms with Gasteiger partial charge in [0.15, 0.2) is 11.5 Å². The molecule has 0 saturated heterocycles. The molecule has 25 heavy (non-hydrogen) atoms. The maximum atomic E-state index is 12.4. The first kappa shape index (κ1) is 19.4. The van der Waals surface area contributed by atoms with Gasteiger partial charge in [0.2, 0.25) is 0 Å². The maximum Gasteiger partial charge on any atom is 0.251 e. The van der Waals surface area contributed by atoms with Crippen LogP contribution in [0.2, 0.25) is 10.0 Å². The van der Waals surface area contributed by atoms with Crippen LogP contribution in [0.4, 0.5) is 0 Å². The monoisotopic (exact) mass is 381 g/mol. The Morgan fingerprint density at radius 2 is 1.68 bits per heavy atom. The largest absolute Gasteiger partial charge is 0.490 e. The number of ether oxygens (including phenoxy) is 2. The van der Waals surface area contributed by atoms with Crippen LogP contribution in [0, 0.1) is 0 Å². The molecule has 134 valence electrons. The predicted molar refractivity (Wildman–Crippen MR) is 101 cm³/mol. The first-order chi connectivity index (χ1) is 12.0. The van der Waals surface area contributed by atoms with Gasteiger partial charge < -0.3 is 14.8 Å². The van der Waals surface area contributed by atoms with Gasteiger partial charge in [-0.15, -0.1) is 0 Å². The zero-order chi connectivity index (χ0) is 18.4. The van der Waals surface area contributed by atoms with Crippen LogP contribution in [-0.2, 0) is 0 Å². The van der Waals surface area contributed by atoms with Crippen LogP contribution in [-0.4, -0.2) is 19.1 Å². The van der Waals surface area contributed by atoms with Gasteiger partial charge in [0, 0.05) is 5.56 Å². The zero-order valence-electron chi connectivity index (χ0n) is 14.4. The fraction of sp³-hybridized carbons (Fsp3) is 0.316. The van der Waals surface area contributed by atoms with Crippen molar-refractivity contribution in [1.82, 2.24) is 5.32 Å². The van der Waals surface area contributed by atoms with Crippen molar-refractivity contribution in [2.45, 2.75) is 26.8 Å². The summed E-state index contributed by atoms with van der Waals surface area (Å²) in [6.07, 6.45) is 0. The highest BCUT2D eigenvalue weighted by Gasteiger charge is 2.15. The van der Waals surface area contributed by atoms with Gasteiger partial charge in [-0.3, -0.25) is 4.79 Å². The van der Waals surface area contributed by atoms with Crippen LogP contribution in [0.15, 0.2) is 36.4 Å². The molecule has 0 aromatic heterocycles. The number of halogens is 2. The minimum atomic E-state index is -0.224. The van der Waals surface area contributed by atoms with Crippen molar-refractivity contribution in [3.8, 4) is 11.5 Å². The highest BCUT2D eigenvalue weighted by Crippen LogP contribution is 2.31. The third-order valence-corrected chi connectivity index (χ3v) is 4.34. The summed E-state index contributed by atoms with van der Waals surface area (Å²) >= 11 is 11.9. The first-order valence-corrected chi connectivity index (χ1v) is 8.87. The van der Waals surface area contributed by atoms with Gasteiger partial charge in [0.05, 0.1) is 29.3 Å². The van der Waals surface area contributed by atoms with E-state index in [-0.39, 0.29) is 11.9 Å². The Bertz CT molecular complexity index is 749. The molecular weight excluding hydrogens is 361 g/mol. The standard InChI is InChI=1S/C19H21Cl2NO3/c1-4-24-17-9-7-13(11-18(17)25-5-2)12(3)22-19(23)14-6-8-15(20)16(21)10-14/h6-12H,4-5H2,1-3H3,(H,22,23)/t12-/m1/s1. The molecule has 0 heterocycles. The minimum absolute atomic E-state index is 0.211. The fourth-order valence-corrected chi connectivity index (χ4v) is 2.64. The maximum absolute atomic E-state index is 12.4. The molecule has 0 aliphatic heterocycles. The Kier molecular flexibility index (Phi) is 6.97. The molecule has 1 N–H and O–H groups in total. The number of carbonyl (C=O) groups is 1. The number of hydrogen-bond donors (Lipinski definition) is 1. The second-order valence-corrected chi connectivity index (χ2v) is 6.21. The molecule has 4 nitrogen and oxygen atoms in total.